The summed E-state index contributed by atoms with van der Waals surface area (Å²) in [5.74, 6) is -0.924. The number of benzene rings is 1. The predicted molar refractivity (Wildman–Crippen MR) is 67.7 cm³/mol. The molecule has 4 nitrogen and oxygen atoms in total. The van der Waals surface area contributed by atoms with Crippen LogP contribution in [0.4, 0.5) is 5.69 Å². The number of hydrogen-bond donors (Lipinski definition) is 2. The van der Waals surface area contributed by atoms with Crippen LogP contribution in [-0.2, 0) is 0 Å². The summed E-state index contributed by atoms with van der Waals surface area (Å²) >= 11 is 0. The van der Waals surface area contributed by atoms with Crippen LogP contribution in [0.15, 0.2) is 18.2 Å². The minimum Gasteiger partial charge on any atom is -0.478 e. The predicted octanol–water partition coefficient (Wildman–Crippen LogP) is 1.90. The molecule has 0 aliphatic rings. The molecule has 0 saturated heterocycles. The lowest BCUT2D eigenvalue weighted by Crippen LogP contribution is -2.23. The molecule has 4 heteroatoms. The molecule has 0 fully saturated rings. The lowest BCUT2D eigenvalue weighted by molar-refractivity contribution is 0.0697. The van der Waals surface area contributed by atoms with E-state index in [1.807, 2.05) is 24.9 Å². The van der Waals surface area contributed by atoms with Crippen molar-refractivity contribution in [2.24, 2.45) is 0 Å². The van der Waals surface area contributed by atoms with E-state index in [1.54, 1.807) is 19.1 Å². The lowest BCUT2D eigenvalue weighted by atomic mass is 10.1. The molecular weight excluding hydrogens is 218 g/mol. The van der Waals surface area contributed by atoms with Crippen LogP contribution in [0.3, 0.4) is 0 Å². The van der Waals surface area contributed by atoms with Gasteiger partial charge in [-0.15, -0.1) is 0 Å². The first-order chi connectivity index (χ1) is 7.91. The molecule has 0 spiro atoms. The van der Waals surface area contributed by atoms with E-state index in [-0.39, 0.29) is 6.10 Å². The minimum atomic E-state index is -0.924. The molecule has 0 aliphatic heterocycles. The molecule has 0 aliphatic carbocycles. The van der Waals surface area contributed by atoms with Gasteiger partial charge < -0.3 is 15.1 Å². The van der Waals surface area contributed by atoms with Gasteiger partial charge in [-0.3, -0.25) is 0 Å². The molecular formula is C13H19NO3. The number of carboxylic acids is 1. The molecule has 17 heavy (non-hydrogen) atoms. The highest BCUT2D eigenvalue weighted by molar-refractivity contribution is 5.94. The molecule has 1 unspecified atom stereocenters. The molecule has 0 amide bonds. The number of aryl methyl sites for hydroxylation is 1. The largest absolute Gasteiger partial charge is 0.478 e. The van der Waals surface area contributed by atoms with Crippen molar-refractivity contribution in [3.8, 4) is 0 Å². The number of nitrogens with zero attached hydrogens (tertiary/aromatic N) is 1. The third-order valence-corrected chi connectivity index (χ3v) is 2.68. The fourth-order valence-corrected chi connectivity index (χ4v) is 1.65. The van der Waals surface area contributed by atoms with Crippen LogP contribution in [-0.4, -0.2) is 35.9 Å². The SMILES string of the molecule is Cc1ccc(N(C)CCC(C)O)c(C(=O)O)c1. The molecule has 0 radical (unpaired) electrons. The van der Waals surface area contributed by atoms with E-state index >= 15 is 0 Å². The Labute approximate surface area is 101 Å². The molecule has 0 bridgehead atoms. The van der Waals surface area contributed by atoms with Crippen LogP contribution in [0.25, 0.3) is 0 Å². The van der Waals surface area contributed by atoms with Crippen molar-refractivity contribution in [3.63, 3.8) is 0 Å². The first kappa shape index (κ1) is 13.5. The van der Waals surface area contributed by atoms with Crippen molar-refractivity contribution in [3.05, 3.63) is 29.3 Å². The summed E-state index contributed by atoms with van der Waals surface area (Å²) in [5, 5.41) is 18.4. The Hall–Kier alpha value is -1.55. The van der Waals surface area contributed by atoms with Gasteiger partial charge in [-0.1, -0.05) is 11.6 Å². The second-order valence-electron chi connectivity index (χ2n) is 4.39. The third kappa shape index (κ3) is 3.75. The van der Waals surface area contributed by atoms with Gasteiger partial charge in [-0.25, -0.2) is 4.79 Å². The average Bonchev–Trinajstić information content (AvgIpc) is 2.25. The Morgan fingerprint density at radius 3 is 2.65 bits per heavy atom. The molecule has 2 N–H and O–H groups in total. The number of aromatic carboxylic acids is 1. The summed E-state index contributed by atoms with van der Waals surface area (Å²) in [6.45, 7) is 4.22. The highest BCUT2D eigenvalue weighted by Crippen LogP contribution is 2.21. The Kier molecular flexibility index (Phi) is 4.52. The monoisotopic (exact) mass is 237 g/mol. The maximum Gasteiger partial charge on any atom is 0.337 e. The number of carboxylic acid groups (broad SMARTS) is 1. The quantitative estimate of drug-likeness (QED) is 0.821. The molecule has 1 aromatic carbocycles. The summed E-state index contributed by atoms with van der Waals surface area (Å²) < 4.78 is 0. The summed E-state index contributed by atoms with van der Waals surface area (Å²) in [4.78, 5) is 13.0. The third-order valence-electron chi connectivity index (χ3n) is 2.68. The highest BCUT2D eigenvalue weighted by atomic mass is 16.4. The van der Waals surface area contributed by atoms with E-state index in [9.17, 15) is 9.90 Å². The lowest BCUT2D eigenvalue weighted by Gasteiger charge is -2.22. The zero-order valence-electron chi connectivity index (χ0n) is 10.5. The standard InChI is InChI=1S/C13H19NO3/c1-9-4-5-12(11(8-9)13(16)17)14(3)7-6-10(2)15/h4-5,8,10,15H,6-7H2,1-3H3,(H,16,17). The Morgan fingerprint density at radius 1 is 1.47 bits per heavy atom. The van der Waals surface area contributed by atoms with Crippen molar-refractivity contribution in [2.45, 2.75) is 26.4 Å². The number of hydrogen-bond acceptors (Lipinski definition) is 3. The first-order valence-electron chi connectivity index (χ1n) is 5.65. The van der Waals surface area contributed by atoms with E-state index in [0.717, 1.165) is 5.56 Å². The van der Waals surface area contributed by atoms with E-state index in [4.69, 9.17) is 5.11 Å². The summed E-state index contributed by atoms with van der Waals surface area (Å²) in [6.07, 6.45) is 0.236. The van der Waals surface area contributed by atoms with E-state index in [0.29, 0.717) is 24.2 Å². The average molecular weight is 237 g/mol. The molecule has 0 aromatic heterocycles. The normalized spacial score (nSPS) is 12.2. The maximum atomic E-state index is 11.1. The molecule has 0 saturated carbocycles. The number of anilines is 1. The summed E-state index contributed by atoms with van der Waals surface area (Å²) in [6, 6.07) is 5.36. The first-order valence-corrected chi connectivity index (χ1v) is 5.65. The molecule has 1 rings (SSSR count). The van der Waals surface area contributed by atoms with Crippen molar-refractivity contribution in [2.75, 3.05) is 18.5 Å². The highest BCUT2D eigenvalue weighted by Gasteiger charge is 2.13. The van der Waals surface area contributed by atoms with Gasteiger partial charge >= 0.3 is 5.97 Å². The smallest absolute Gasteiger partial charge is 0.337 e. The van der Waals surface area contributed by atoms with Gasteiger partial charge in [0, 0.05) is 13.6 Å². The number of aliphatic hydroxyl groups is 1. The number of aliphatic hydroxyl groups excluding tert-OH is 1. The fourth-order valence-electron chi connectivity index (χ4n) is 1.65. The molecule has 94 valence electrons. The summed E-state index contributed by atoms with van der Waals surface area (Å²) in [5.41, 5.74) is 1.91. The van der Waals surface area contributed by atoms with Crippen molar-refractivity contribution in [1.29, 1.82) is 0 Å². The van der Waals surface area contributed by atoms with E-state index in [1.165, 1.54) is 0 Å². The number of carbonyl (C=O) groups is 1. The van der Waals surface area contributed by atoms with Gasteiger partial charge in [0.15, 0.2) is 0 Å². The Bertz CT molecular complexity index is 402. The van der Waals surface area contributed by atoms with Gasteiger partial charge in [0.25, 0.3) is 0 Å². The van der Waals surface area contributed by atoms with Crippen LogP contribution in [0.5, 0.6) is 0 Å². The molecule has 1 aromatic rings. The van der Waals surface area contributed by atoms with Gasteiger partial charge in [0.1, 0.15) is 0 Å². The van der Waals surface area contributed by atoms with Crippen molar-refractivity contribution < 1.29 is 15.0 Å². The van der Waals surface area contributed by atoms with Crippen LogP contribution in [0, 0.1) is 6.92 Å². The van der Waals surface area contributed by atoms with Gasteiger partial charge in [-0.2, -0.15) is 0 Å². The van der Waals surface area contributed by atoms with Gasteiger partial charge in [-0.05, 0) is 32.4 Å². The van der Waals surface area contributed by atoms with Crippen LogP contribution in [0.1, 0.15) is 29.3 Å². The molecule has 1 atom stereocenters. The van der Waals surface area contributed by atoms with E-state index < -0.39 is 5.97 Å². The Morgan fingerprint density at radius 2 is 2.12 bits per heavy atom. The van der Waals surface area contributed by atoms with Crippen molar-refractivity contribution >= 4 is 11.7 Å². The Balaban J connectivity index is 2.92. The van der Waals surface area contributed by atoms with Crippen LogP contribution in [0.2, 0.25) is 0 Å². The van der Waals surface area contributed by atoms with Gasteiger partial charge in [0.2, 0.25) is 0 Å². The number of rotatable bonds is 5. The second-order valence-corrected chi connectivity index (χ2v) is 4.39. The zero-order valence-corrected chi connectivity index (χ0v) is 10.5. The maximum absolute atomic E-state index is 11.1. The van der Waals surface area contributed by atoms with Crippen LogP contribution >= 0.6 is 0 Å². The topological polar surface area (TPSA) is 60.8 Å². The summed E-state index contributed by atoms with van der Waals surface area (Å²) in [7, 11) is 1.83. The second kappa shape index (κ2) is 5.68. The van der Waals surface area contributed by atoms with Crippen LogP contribution < -0.4 is 4.90 Å². The van der Waals surface area contributed by atoms with Crippen molar-refractivity contribution in [1.82, 2.24) is 0 Å². The fraction of sp³-hybridized carbons (Fsp3) is 0.462. The molecule has 0 heterocycles. The van der Waals surface area contributed by atoms with Gasteiger partial charge in [0.05, 0.1) is 17.4 Å². The zero-order chi connectivity index (χ0) is 13.0. The minimum absolute atomic E-state index is 0.304. The van der Waals surface area contributed by atoms with E-state index in [2.05, 4.69) is 0 Å².